The molecule has 0 amide bonds. The molecule has 16 heavy (non-hydrogen) atoms. The van der Waals surface area contributed by atoms with E-state index in [0.717, 1.165) is 13.0 Å². The van der Waals surface area contributed by atoms with Crippen LogP contribution in [0.25, 0.3) is 0 Å². The average molecular weight is 217 g/mol. The molecule has 1 N–H and O–H groups in total. The van der Waals surface area contributed by atoms with E-state index in [4.69, 9.17) is 0 Å². The van der Waals surface area contributed by atoms with Gasteiger partial charge in [-0.15, -0.1) is 6.58 Å². The Bertz CT molecular complexity index is 308. The van der Waals surface area contributed by atoms with Crippen molar-refractivity contribution in [3.63, 3.8) is 0 Å². The molecule has 0 fully saturated rings. The summed E-state index contributed by atoms with van der Waals surface area (Å²) in [5.74, 6) is 0. The van der Waals surface area contributed by atoms with E-state index < -0.39 is 0 Å². The quantitative estimate of drug-likeness (QED) is 0.525. The fourth-order valence-electron chi connectivity index (χ4n) is 1.90. The molecule has 0 saturated carbocycles. The molecule has 88 valence electrons. The van der Waals surface area contributed by atoms with Crippen molar-refractivity contribution in [3.05, 3.63) is 42.0 Å². The number of rotatable bonds is 7. The topological polar surface area (TPSA) is 12.0 Å². The molecule has 1 nitrogen and oxygen atoms in total. The van der Waals surface area contributed by atoms with Gasteiger partial charge >= 0.3 is 0 Å². The van der Waals surface area contributed by atoms with Gasteiger partial charge in [-0.2, -0.15) is 0 Å². The molecule has 0 unspecified atom stereocenters. The Kier molecular flexibility index (Phi) is 5.69. The van der Waals surface area contributed by atoms with Crippen molar-refractivity contribution in [2.75, 3.05) is 11.9 Å². The van der Waals surface area contributed by atoms with Gasteiger partial charge in [0, 0.05) is 12.2 Å². The second-order valence-electron chi connectivity index (χ2n) is 4.33. The average Bonchev–Trinajstić information content (AvgIpc) is 2.26. The minimum atomic E-state index is 1.07. The van der Waals surface area contributed by atoms with Crippen molar-refractivity contribution in [1.82, 2.24) is 0 Å². The Balaban J connectivity index is 2.29. The van der Waals surface area contributed by atoms with Gasteiger partial charge in [0.05, 0.1) is 0 Å². The first-order chi connectivity index (χ1) is 7.75. The molecule has 0 heterocycles. The lowest BCUT2D eigenvalue weighted by molar-refractivity contribution is 0.708. The molecule has 1 rings (SSSR count). The zero-order valence-corrected chi connectivity index (χ0v) is 10.6. The van der Waals surface area contributed by atoms with Crippen LogP contribution in [-0.2, 0) is 0 Å². The molecule has 1 aromatic carbocycles. The minimum absolute atomic E-state index is 1.07. The Morgan fingerprint density at radius 1 is 1.12 bits per heavy atom. The van der Waals surface area contributed by atoms with Crippen molar-refractivity contribution in [1.29, 1.82) is 0 Å². The van der Waals surface area contributed by atoms with Gasteiger partial charge in [-0.05, 0) is 44.2 Å². The summed E-state index contributed by atoms with van der Waals surface area (Å²) in [5, 5.41) is 3.53. The van der Waals surface area contributed by atoms with Crippen LogP contribution < -0.4 is 5.32 Å². The van der Waals surface area contributed by atoms with Gasteiger partial charge in [-0.25, -0.2) is 0 Å². The van der Waals surface area contributed by atoms with Gasteiger partial charge in [0.2, 0.25) is 0 Å². The van der Waals surface area contributed by atoms with Crippen molar-refractivity contribution >= 4 is 5.69 Å². The lowest BCUT2D eigenvalue weighted by Crippen LogP contribution is -2.04. The summed E-state index contributed by atoms with van der Waals surface area (Å²) in [6.07, 6.45) is 6.92. The first-order valence-corrected chi connectivity index (χ1v) is 6.16. The van der Waals surface area contributed by atoms with Crippen LogP contribution >= 0.6 is 0 Å². The van der Waals surface area contributed by atoms with Crippen molar-refractivity contribution in [3.8, 4) is 0 Å². The lowest BCUT2D eigenvalue weighted by Gasteiger charge is -2.12. The normalized spacial score (nSPS) is 10.1. The second kappa shape index (κ2) is 7.10. The van der Waals surface area contributed by atoms with Crippen molar-refractivity contribution in [2.24, 2.45) is 0 Å². The van der Waals surface area contributed by atoms with E-state index in [-0.39, 0.29) is 0 Å². The zero-order chi connectivity index (χ0) is 11.8. The summed E-state index contributed by atoms with van der Waals surface area (Å²) in [4.78, 5) is 0. The molecule has 0 aromatic heterocycles. The first-order valence-electron chi connectivity index (χ1n) is 6.16. The number of unbranched alkanes of at least 4 members (excludes halogenated alkanes) is 3. The van der Waals surface area contributed by atoms with Crippen LogP contribution in [0.2, 0.25) is 0 Å². The highest BCUT2D eigenvalue weighted by Gasteiger charge is 1.99. The highest BCUT2D eigenvalue weighted by atomic mass is 14.9. The van der Waals surface area contributed by atoms with Crippen molar-refractivity contribution < 1.29 is 0 Å². The van der Waals surface area contributed by atoms with Crippen LogP contribution in [0.5, 0.6) is 0 Å². The smallest absolute Gasteiger partial charge is 0.0399 e. The molecule has 0 aliphatic carbocycles. The number of nitrogens with one attached hydrogen (secondary N) is 1. The highest BCUT2D eigenvalue weighted by molar-refractivity contribution is 5.56. The first kappa shape index (κ1) is 12.8. The highest BCUT2D eigenvalue weighted by Crippen LogP contribution is 2.19. The van der Waals surface area contributed by atoms with Crippen molar-refractivity contribution in [2.45, 2.75) is 39.5 Å². The molecule has 0 aliphatic heterocycles. The minimum Gasteiger partial charge on any atom is -0.385 e. The molecule has 1 heteroatoms. The Labute approximate surface area is 99.6 Å². The summed E-state index contributed by atoms with van der Waals surface area (Å²) in [7, 11) is 0. The molecule has 1 aromatic rings. The van der Waals surface area contributed by atoms with Crippen LogP contribution in [0.4, 0.5) is 5.69 Å². The van der Waals surface area contributed by atoms with Gasteiger partial charge < -0.3 is 5.32 Å². The van der Waals surface area contributed by atoms with Gasteiger partial charge in [0.25, 0.3) is 0 Å². The van der Waals surface area contributed by atoms with E-state index in [2.05, 4.69) is 43.9 Å². The van der Waals surface area contributed by atoms with Gasteiger partial charge in [0.15, 0.2) is 0 Å². The Morgan fingerprint density at radius 3 is 2.44 bits per heavy atom. The number of para-hydroxylation sites is 1. The van der Waals surface area contributed by atoms with Gasteiger partial charge in [-0.1, -0.05) is 30.7 Å². The second-order valence-corrected chi connectivity index (χ2v) is 4.33. The number of hydrogen-bond acceptors (Lipinski definition) is 1. The molecule has 0 radical (unpaired) electrons. The Hall–Kier alpha value is -1.24. The third-order valence-corrected chi connectivity index (χ3v) is 2.87. The maximum absolute atomic E-state index is 3.73. The van der Waals surface area contributed by atoms with E-state index in [1.165, 1.54) is 36.1 Å². The molecular formula is C15H23N. The monoisotopic (exact) mass is 217 g/mol. The lowest BCUT2D eigenvalue weighted by atomic mass is 10.1. The molecule has 0 aliphatic rings. The van der Waals surface area contributed by atoms with Crippen LogP contribution in [0, 0.1) is 13.8 Å². The van der Waals surface area contributed by atoms with E-state index in [9.17, 15) is 0 Å². The standard InChI is InChI=1S/C15H23N/c1-4-5-6-7-8-12-16-15-13(2)10-9-11-14(15)3/h4,9-11,16H,1,5-8,12H2,2-3H3. The number of anilines is 1. The largest absolute Gasteiger partial charge is 0.385 e. The fourth-order valence-corrected chi connectivity index (χ4v) is 1.90. The molecule has 0 bridgehead atoms. The van der Waals surface area contributed by atoms with Gasteiger partial charge in [-0.3, -0.25) is 0 Å². The predicted molar refractivity (Wildman–Crippen MR) is 73.1 cm³/mol. The van der Waals surface area contributed by atoms with E-state index in [1.807, 2.05) is 6.08 Å². The van der Waals surface area contributed by atoms with Crippen LogP contribution in [0.15, 0.2) is 30.9 Å². The molecule has 0 atom stereocenters. The predicted octanol–water partition coefficient (Wildman–Crippen LogP) is 4.46. The SMILES string of the molecule is C=CCCCCCNc1c(C)cccc1C. The number of allylic oxidation sites excluding steroid dienone is 1. The number of aryl methyl sites for hydroxylation is 2. The van der Waals surface area contributed by atoms with E-state index in [0.29, 0.717) is 0 Å². The van der Waals surface area contributed by atoms with E-state index in [1.54, 1.807) is 0 Å². The number of benzene rings is 1. The van der Waals surface area contributed by atoms with Crippen LogP contribution in [0.1, 0.15) is 36.8 Å². The summed E-state index contributed by atoms with van der Waals surface area (Å²) in [6, 6.07) is 6.43. The summed E-state index contributed by atoms with van der Waals surface area (Å²) in [5.41, 5.74) is 3.99. The Morgan fingerprint density at radius 2 is 1.81 bits per heavy atom. The maximum atomic E-state index is 3.73. The summed E-state index contributed by atoms with van der Waals surface area (Å²) < 4.78 is 0. The van der Waals surface area contributed by atoms with Crippen LogP contribution in [0.3, 0.4) is 0 Å². The maximum Gasteiger partial charge on any atom is 0.0399 e. The molecule has 0 saturated heterocycles. The molecular weight excluding hydrogens is 194 g/mol. The fraction of sp³-hybridized carbons (Fsp3) is 0.467. The summed E-state index contributed by atoms with van der Waals surface area (Å²) in [6.45, 7) is 9.13. The third kappa shape index (κ3) is 4.09. The third-order valence-electron chi connectivity index (χ3n) is 2.87. The van der Waals surface area contributed by atoms with E-state index >= 15 is 0 Å². The molecule has 0 spiro atoms. The van der Waals surface area contributed by atoms with Gasteiger partial charge in [0.1, 0.15) is 0 Å². The zero-order valence-electron chi connectivity index (χ0n) is 10.6. The summed E-state index contributed by atoms with van der Waals surface area (Å²) >= 11 is 0. The number of hydrogen-bond donors (Lipinski definition) is 1. The van der Waals surface area contributed by atoms with Crippen LogP contribution in [-0.4, -0.2) is 6.54 Å².